The molecule has 0 unspecified atom stereocenters. The normalized spacial score (nSPS) is 16.9. The molecule has 2 heterocycles. The summed E-state index contributed by atoms with van der Waals surface area (Å²) in [7, 11) is 4.60. The molecule has 3 aromatic carbocycles. The van der Waals surface area contributed by atoms with Gasteiger partial charge in [-0.15, -0.1) is 0 Å². The van der Waals surface area contributed by atoms with Gasteiger partial charge in [0.05, 0.1) is 37.1 Å². The number of fused-ring (bicyclic) bond motifs is 1. The van der Waals surface area contributed by atoms with E-state index in [1.807, 2.05) is 25.1 Å². The van der Waals surface area contributed by atoms with Crippen LogP contribution in [0.1, 0.15) is 22.7 Å². The van der Waals surface area contributed by atoms with Crippen LogP contribution in [0.15, 0.2) is 66.2 Å². The molecule has 1 aromatic heterocycles. The second-order valence-corrected chi connectivity index (χ2v) is 9.48. The number of methoxy groups -OCH3 is 3. The Morgan fingerprint density at radius 2 is 1.59 bits per heavy atom. The summed E-state index contributed by atoms with van der Waals surface area (Å²) in [5.74, 6) is -0.311. The van der Waals surface area contributed by atoms with Crippen molar-refractivity contribution in [1.29, 1.82) is 0 Å². The number of nitrogens with zero attached hydrogens (tertiary/aromatic N) is 2. The average molecular weight is 517 g/mol. The number of Topliss-reactive ketones (excluding diaryl/α,β-unsaturated/α-hetero) is 1. The fourth-order valence-corrected chi connectivity index (χ4v) is 5.39. The smallest absolute Gasteiger partial charge is 0.301 e. The highest BCUT2D eigenvalue weighted by molar-refractivity contribution is 7.22. The zero-order valence-electron chi connectivity index (χ0n) is 20.6. The average Bonchev–Trinajstić information content (AvgIpc) is 3.45. The molecule has 5 rings (SSSR count). The second kappa shape index (κ2) is 9.59. The number of hydrogen-bond donors (Lipinski definition) is 1. The van der Waals surface area contributed by atoms with Crippen molar-refractivity contribution in [3.8, 4) is 17.2 Å². The van der Waals surface area contributed by atoms with E-state index in [4.69, 9.17) is 14.2 Å². The Labute approximate surface area is 217 Å². The number of aliphatic hydroxyl groups excluding tert-OH is 1. The summed E-state index contributed by atoms with van der Waals surface area (Å²) in [5, 5.41) is 11.7. The van der Waals surface area contributed by atoms with Crippen molar-refractivity contribution in [3.05, 3.63) is 82.9 Å². The molecule has 4 aromatic rings. The number of anilines is 1. The van der Waals surface area contributed by atoms with Gasteiger partial charge in [0.2, 0.25) is 0 Å². The molecule has 1 amide bonds. The van der Waals surface area contributed by atoms with Crippen LogP contribution in [-0.2, 0) is 9.59 Å². The summed E-state index contributed by atoms with van der Waals surface area (Å²) in [6.07, 6.45) is 0. The van der Waals surface area contributed by atoms with Gasteiger partial charge in [-0.3, -0.25) is 14.5 Å². The number of rotatable bonds is 6. The molecule has 0 bridgehead atoms. The van der Waals surface area contributed by atoms with Crippen molar-refractivity contribution in [1.82, 2.24) is 4.98 Å². The first-order valence-electron chi connectivity index (χ1n) is 11.4. The van der Waals surface area contributed by atoms with Crippen LogP contribution in [-0.4, -0.2) is 43.1 Å². The third-order valence-corrected chi connectivity index (χ3v) is 7.31. The Bertz CT molecular complexity index is 1560. The summed E-state index contributed by atoms with van der Waals surface area (Å²) in [4.78, 5) is 33.0. The molecular weight excluding hydrogens is 492 g/mol. The highest BCUT2D eigenvalue weighted by Crippen LogP contribution is 2.47. The van der Waals surface area contributed by atoms with Crippen molar-refractivity contribution in [2.24, 2.45) is 0 Å². The number of aromatic nitrogens is 1. The summed E-state index contributed by atoms with van der Waals surface area (Å²) in [6, 6.07) is 16.6. The lowest BCUT2D eigenvalue weighted by atomic mass is 9.94. The number of ether oxygens (including phenoxy) is 3. The maximum atomic E-state index is 13.5. The van der Waals surface area contributed by atoms with Gasteiger partial charge in [0.15, 0.2) is 5.13 Å². The van der Waals surface area contributed by atoms with Crippen LogP contribution < -0.4 is 19.1 Å². The largest absolute Gasteiger partial charge is 0.507 e. The van der Waals surface area contributed by atoms with Gasteiger partial charge in [-0.2, -0.15) is 0 Å². The Kier molecular flexibility index (Phi) is 6.31. The van der Waals surface area contributed by atoms with E-state index >= 15 is 0 Å². The minimum atomic E-state index is -1.01. The molecule has 1 aliphatic rings. The Morgan fingerprint density at radius 1 is 0.919 bits per heavy atom. The Balaban J connectivity index is 1.77. The van der Waals surface area contributed by atoms with E-state index in [2.05, 4.69) is 4.98 Å². The van der Waals surface area contributed by atoms with Gasteiger partial charge >= 0.3 is 5.91 Å². The minimum Gasteiger partial charge on any atom is -0.507 e. The standard InChI is InChI=1S/C28H24N2O6S/c1-15-5-7-16(8-6-15)25(31)23-24(19-13-17(34-2)10-12-21(19)36-4)30(27(33)26(23)32)28-29-20-11-9-18(35-3)14-22(20)37-28/h5-14,24,31H,1-4H3/b25-23+/t24-/m1/s1. The molecule has 37 heavy (non-hydrogen) atoms. The SMILES string of the molecule is COc1ccc(OC)c([C@@H]2/C(=C(\O)c3ccc(C)cc3)C(=O)C(=O)N2c2nc3ccc(OC)cc3s2)c1. The number of carbonyl (C=O) groups is 2. The van der Waals surface area contributed by atoms with E-state index in [0.29, 0.717) is 39.0 Å². The topological polar surface area (TPSA) is 98.2 Å². The van der Waals surface area contributed by atoms with Crippen LogP contribution >= 0.6 is 11.3 Å². The summed E-state index contributed by atoms with van der Waals surface area (Å²) >= 11 is 1.25. The number of carbonyl (C=O) groups excluding carboxylic acids is 2. The maximum Gasteiger partial charge on any atom is 0.301 e. The zero-order chi connectivity index (χ0) is 26.3. The molecule has 1 N–H and O–H groups in total. The lowest BCUT2D eigenvalue weighted by Gasteiger charge is -2.25. The summed E-state index contributed by atoms with van der Waals surface area (Å²) < 4.78 is 17.1. The maximum absolute atomic E-state index is 13.5. The van der Waals surface area contributed by atoms with Gasteiger partial charge in [0.1, 0.15) is 29.0 Å². The van der Waals surface area contributed by atoms with Crippen LogP contribution in [0.3, 0.4) is 0 Å². The van der Waals surface area contributed by atoms with Gasteiger partial charge in [0.25, 0.3) is 5.78 Å². The van der Waals surface area contributed by atoms with Gasteiger partial charge in [-0.25, -0.2) is 4.98 Å². The molecule has 1 aliphatic heterocycles. The zero-order valence-corrected chi connectivity index (χ0v) is 21.5. The fourth-order valence-electron chi connectivity index (χ4n) is 4.37. The predicted octanol–water partition coefficient (Wildman–Crippen LogP) is 5.26. The van der Waals surface area contributed by atoms with Crippen molar-refractivity contribution >= 4 is 44.1 Å². The van der Waals surface area contributed by atoms with Crippen LogP contribution in [0.5, 0.6) is 17.2 Å². The molecule has 0 aliphatic carbocycles. The monoisotopic (exact) mass is 516 g/mol. The first-order valence-corrected chi connectivity index (χ1v) is 12.2. The lowest BCUT2D eigenvalue weighted by molar-refractivity contribution is -0.132. The van der Waals surface area contributed by atoms with E-state index < -0.39 is 17.7 Å². The number of benzene rings is 3. The van der Waals surface area contributed by atoms with Crippen LogP contribution in [0, 0.1) is 6.92 Å². The highest BCUT2D eigenvalue weighted by Gasteiger charge is 2.49. The third-order valence-electron chi connectivity index (χ3n) is 6.29. The van der Waals surface area contributed by atoms with Gasteiger partial charge < -0.3 is 19.3 Å². The number of ketones is 1. The fraction of sp³-hybridized carbons (Fsp3) is 0.179. The quantitative estimate of drug-likeness (QED) is 0.212. The van der Waals surface area contributed by atoms with Gasteiger partial charge in [0, 0.05) is 11.1 Å². The van der Waals surface area contributed by atoms with Gasteiger partial charge in [-0.05, 0) is 43.3 Å². The van der Waals surface area contributed by atoms with E-state index in [9.17, 15) is 14.7 Å². The lowest BCUT2D eigenvalue weighted by Crippen LogP contribution is -2.29. The molecular formula is C28H24N2O6S. The number of hydrogen-bond acceptors (Lipinski definition) is 8. The van der Waals surface area contributed by atoms with Gasteiger partial charge in [-0.1, -0.05) is 41.2 Å². The molecule has 9 heteroatoms. The van der Waals surface area contributed by atoms with E-state index in [1.165, 1.54) is 30.5 Å². The van der Waals surface area contributed by atoms with E-state index in [1.54, 1.807) is 49.6 Å². The molecule has 0 saturated carbocycles. The van der Waals surface area contributed by atoms with Crippen LogP contribution in [0.25, 0.3) is 16.0 Å². The molecule has 1 fully saturated rings. The number of aliphatic hydroxyl groups is 1. The van der Waals surface area contributed by atoms with Crippen molar-refractivity contribution < 1.29 is 28.9 Å². The van der Waals surface area contributed by atoms with Crippen molar-refractivity contribution in [2.75, 3.05) is 26.2 Å². The molecule has 188 valence electrons. The predicted molar refractivity (Wildman–Crippen MR) is 142 cm³/mol. The summed E-state index contributed by atoms with van der Waals surface area (Å²) in [6.45, 7) is 1.92. The highest BCUT2D eigenvalue weighted by atomic mass is 32.1. The van der Waals surface area contributed by atoms with E-state index in [-0.39, 0.29) is 11.3 Å². The van der Waals surface area contributed by atoms with Crippen molar-refractivity contribution in [2.45, 2.75) is 13.0 Å². The molecule has 1 saturated heterocycles. The first kappa shape index (κ1) is 24.3. The molecule has 0 radical (unpaired) electrons. The molecule has 1 atom stereocenters. The Hall–Kier alpha value is -4.37. The van der Waals surface area contributed by atoms with E-state index in [0.717, 1.165) is 10.3 Å². The second-order valence-electron chi connectivity index (χ2n) is 8.47. The third kappa shape index (κ3) is 4.17. The minimum absolute atomic E-state index is 0.0581. The van der Waals surface area contributed by atoms with Crippen LogP contribution in [0.2, 0.25) is 0 Å². The first-order chi connectivity index (χ1) is 17.9. The van der Waals surface area contributed by atoms with Crippen molar-refractivity contribution in [3.63, 3.8) is 0 Å². The molecule has 0 spiro atoms. The number of thiazole rings is 1. The summed E-state index contributed by atoms with van der Waals surface area (Å²) in [5.41, 5.74) is 2.49. The number of amides is 1. The Morgan fingerprint density at radius 3 is 2.27 bits per heavy atom. The molecule has 8 nitrogen and oxygen atoms in total. The van der Waals surface area contributed by atoms with Crippen LogP contribution in [0.4, 0.5) is 5.13 Å². The number of aryl methyl sites for hydroxylation is 1.